The molecule has 1 rings (SSSR count). The average molecular weight is 278 g/mol. The third-order valence-corrected chi connectivity index (χ3v) is 1.98. The summed E-state index contributed by atoms with van der Waals surface area (Å²) in [5.41, 5.74) is 0.849. The first-order valence-electron chi connectivity index (χ1n) is 7.21. The van der Waals surface area contributed by atoms with Gasteiger partial charge in [-0.3, -0.25) is 0 Å². The predicted molar refractivity (Wildman–Crippen MR) is 87.2 cm³/mol. The van der Waals surface area contributed by atoms with Crippen molar-refractivity contribution in [3.05, 3.63) is 29.8 Å². The molecule has 0 aliphatic rings. The van der Waals surface area contributed by atoms with Crippen molar-refractivity contribution in [1.29, 1.82) is 0 Å². The second-order valence-corrected chi connectivity index (χ2v) is 5.70. The highest BCUT2D eigenvalue weighted by Gasteiger charge is 2.15. The number of hydrogen-bond donors (Lipinski definition) is 2. The van der Waals surface area contributed by atoms with Crippen molar-refractivity contribution in [1.82, 2.24) is 0 Å². The van der Waals surface area contributed by atoms with Gasteiger partial charge in [-0.2, -0.15) is 0 Å². The van der Waals surface area contributed by atoms with Crippen LogP contribution >= 0.6 is 0 Å². The van der Waals surface area contributed by atoms with E-state index in [1.165, 1.54) is 0 Å². The molecule has 114 valence electrons. The van der Waals surface area contributed by atoms with Gasteiger partial charge in [0.2, 0.25) is 0 Å². The second-order valence-electron chi connectivity index (χ2n) is 5.70. The summed E-state index contributed by atoms with van der Waals surface area (Å²) < 4.78 is 0. The van der Waals surface area contributed by atoms with E-state index < -0.39 is 0 Å². The van der Waals surface area contributed by atoms with E-state index in [0.29, 0.717) is 0 Å². The van der Waals surface area contributed by atoms with Gasteiger partial charge in [0.25, 0.3) is 0 Å². The summed E-state index contributed by atoms with van der Waals surface area (Å²) in [5.74, 6) is 3.83. The topological polar surface area (TPSA) is 40.5 Å². The lowest BCUT2D eigenvalue weighted by Gasteiger charge is -2.16. The van der Waals surface area contributed by atoms with Crippen molar-refractivity contribution >= 4 is 0 Å². The Morgan fingerprint density at radius 3 is 1.80 bits per heavy atom. The zero-order valence-corrected chi connectivity index (χ0v) is 14.0. The fourth-order valence-corrected chi connectivity index (χ4v) is 1.32. The SMILES string of the molecule is CC.CC(C)(C#CO)Cc1ccc(O)cc1.CC(C)C. The molecule has 0 amide bonds. The third kappa shape index (κ3) is 12.8. The van der Waals surface area contributed by atoms with Gasteiger partial charge in [0, 0.05) is 5.41 Å². The third-order valence-electron chi connectivity index (χ3n) is 1.98. The van der Waals surface area contributed by atoms with Crippen LogP contribution in [0.25, 0.3) is 0 Å². The van der Waals surface area contributed by atoms with Gasteiger partial charge in [-0.05, 0) is 43.9 Å². The van der Waals surface area contributed by atoms with Crippen molar-refractivity contribution in [2.24, 2.45) is 11.3 Å². The maximum atomic E-state index is 9.09. The van der Waals surface area contributed by atoms with E-state index in [1.807, 2.05) is 45.9 Å². The Hall–Kier alpha value is -1.62. The lowest BCUT2D eigenvalue weighted by Crippen LogP contribution is -2.11. The first kappa shape index (κ1) is 20.7. The molecule has 0 fully saturated rings. The number of aliphatic hydroxyl groups is 1. The number of aromatic hydroxyl groups is 1. The highest BCUT2D eigenvalue weighted by atomic mass is 16.3. The van der Waals surface area contributed by atoms with Crippen LogP contribution < -0.4 is 0 Å². The molecule has 1 aromatic carbocycles. The molecule has 0 aliphatic carbocycles. The molecular formula is C18H30O2. The van der Waals surface area contributed by atoms with Crippen molar-refractivity contribution in [3.8, 4) is 17.8 Å². The molecule has 2 N–H and O–H groups in total. The average Bonchev–Trinajstić information content (AvgIpc) is 2.33. The standard InChI is InChI=1S/C12H14O2.C4H10.C2H6/c1-12(2,7-8-13)9-10-3-5-11(14)6-4-10;1-4(2)3;1-2/h3-6,13-14H,9H2,1-2H3;4H,1-3H3;1-2H3. The van der Waals surface area contributed by atoms with E-state index >= 15 is 0 Å². The summed E-state index contributed by atoms with van der Waals surface area (Å²) in [5, 5.41) is 17.6. The summed E-state index contributed by atoms with van der Waals surface area (Å²) in [7, 11) is 0. The number of rotatable bonds is 2. The molecule has 0 atom stereocenters. The Morgan fingerprint density at radius 1 is 1.05 bits per heavy atom. The van der Waals surface area contributed by atoms with Gasteiger partial charge in [0.05, 0.1) is 0 Å². The van der Waals surface area contributed by atoms with Gasteiger partial charge >= 0.3 is 0 Å². The Balaban J connectivity index is 0. The number of aliphatic hydroxyl groups excluding tert-OH is 1. The van der Waals surface area contributed by atoms with Crippen LogP contribution in [0.15, 0.2) is 24.3 Å². The molecule has 0 aromatic heterocycles. The van der Waals surface area contributed by atoms with E-state index in [2.05, 4.69) is 26.7 Å². The molecule has 0 saturated heterocycles. The molecule has 2 heteroatoms. The van der Waals surface area contributed by atoms with Gasteiger partial charge in [-0.1, -0.05) is 52.7 Å². The molecule has 0 aliphatic heterocycles. The minimum absolute atomic E-state index is 0.244. The van der Waals surface area contributed by atoms with Crippen LogP contribution in [-0.4, -0.2) is 10.2 Å². The fraction of sp³-hybridized carbons (Fsp3) is 0.556. The number of phenolic OH excluding ortho intramolecular Hbond substituents is 1. The number of phenols is 1. The maximum absolute atomic E-state index is 9.09. The smallest absolute Gasteiger partial charge is 0.115 e. The highest BCUT2D eigenvalue weighted by Crippen LogP contribution is 2.21. The number of hydrogen-bond acceptors (Lipinski definition) is 2. The molecule has 0 heterocycles. The maximum Gasteiger partial charge on any atom is 0.115 e. The first-order valence-corrected chi connectivity index (χ1v) is 7.21. The Morgan fingerprint density at radius 2 is 1.45 bits per heavy atom. The van der Waals surface area contributed by atoms with Crippen LogP contribution in [0.4, 0.5) is 0 Å². The first-order chi connectivity index (χ1) is 9.26. The van der Waals surface area contributed by atoms with Crippen molar-refractivity contribution in [2.45, 2.75) is 54.9 Å². The zero-order valence-electron chi connectivity index (χ0n) is 14.0. The van der Waals surface area contributed by atoms with Crippen molar-refractivity contribution in [3.63, 3.8) is 0 Å². The van der Waals surface area contributed by atoms with Crippen LogP contribution in [0.2, 0.25) is 0 Å². The summed E-state index contributed by atoms with van der Waals surface area (Å²) in [6.07, 6.45) is 2.69. The second kappa shape index (κ2) is 11.2. The van der Waals surface area contributed by atoms with Gasteiger partial charge < -0.3 is 10.2 Å². The van der Waals surface area contributed by atoms with Gasteiger partial charge in [-0.25, -0.2) is 0 Å². The lowest BCUT2D eigenvalue weighted by atomic mass is 9.87. The normalized spacial score (nSPS) is 9.40. The van der Waals surface area contributed by atoms with Crippen LogP contribution in [0.5, 0.6) is 5.75 Å². The molecule has 0 spiro atoms. The van der Waals surface area contributed by atoms with Gasteiger partial charge in [0.1, 0.15) is 11.9 Å². The lowest BCUT2D eigenvalue weighted by molar-refractivity contribution is 0.468. The predicted octanol–water partition coefficient (Wildman–Crippen LogP) is 4.98. The Bertz CT molecular complexity index is 389. The molecular weight excluding hydrogens is 248 g/mol. The molecule has 0 bridgehead atoms. The molecule has 20 heavy (non-hydrogen) atoms. The molecule has 0 saturated carbocycles. The molecule has 0 unspecified atom stereocenters. The summed E-state index contributed by atoms with van der Waals surface area (Å²) in [6, 6.07) is 7.02. The van der Waals surface area contributed by atoms with Crippen molar-refractivity contribution < 1.29 is 10.2 Å². The van der Waals surface area contributed by atoms with Crippen molar-refractivity contribution in [2.75, 3.05) is 0 Å². The minimum Gasteiger partial charge on any atom is -0.508 e. The Labute approximate surface area is 124 Å². The van der Waals surface area contributed by atoms with Crippen LogP contribution in [0, 0.1) is 23.4 Å². The van der Waals surface area contributed by atoms with Crippen LogP contribution in [0.3, 0.4) is 0 Å². The summed E-state index contributed by atoms with van der Waals surface area (Å²) >= 11 is 0. The molecule has 0 radical (unpaired) electrons. The highest BCUT2D eigenvalue weighted by molar-refractivity contribution is 5.27. The van der Waals surface area contributed by atoms with Crippen LogP contribution in [0.1, 0.15) is 54.0 Å². The van der Waals surface area contributed by atoms with Crippen LogP contribution in [-0.2, 0) is 6.42 Å². The van der Waals surface area contributed by atoms with Gasteiger partial charge in [0.15, 0.2) is 0 Å². The zero-order chi connectivity index (χ0) is 16.2. The molecule has 2 nitrogen and oxygen atoms in total. The van der Waals surface area contributed by atoms with E-state index in [0.717, 1.165) is 17.9 Å². The van der Waals surface area contributed by atoms with E-state index in [-0.39, 0.29) is 11.2 Å². The molecule has 1 aromatic rings. The Kier molecular flexibility index (Phi) is 11.6. The van der Waals surface area contributed by atoms with E-state index in [1.54, 1.807) is 12.1 Å². The van der Waals surface area contributed by atoms with Gasteiger partial charge in [-0.15, -0.1) is 0 Å². The quantitative estimate of drug-likeness (QED) is 0.749. The van der Waals surface area contributed by atoms with E-state index in [4.69, 9.17) is 10.2 Å². The largest absolute Gasteiger partial charge is 0.508 e. The summed E-state index contributed by atoms with van der Waals surface area (Å²) in [4.78, 5) is 0. The summed E-state index contributed by atoms with van der Waals surface area (Å²) in [6.45, 7) is 14.4. The van der Waals surface area contributed by atoms with E-state index in [9.17, 15) is 0 Å². The number of benzene rings is 1. The fourth-order valence-electron chi connectivity index (χ4n) is 1.32. The monoisotopic (exact) mass is 278 g/mol. The minimum atomic E-state index is -0.244.